The second-order valence-electron chi connectivity index (χ2n) is 8.93. The predicted molar refractivity (Wildman–Crippen MR) is 124 cm³/mol. The summed E-state index contributed by atoms with van der Waals surface area (Å²) in [6.07, 6.45) is 0.214. The number of benzene rings is 3. The van der Waals surface area contributed by atoms with Crippen molar-refractivity contribution in [2.75, 3.05) is 0 Å². The van der Waals surface area contributed by atoms with Crippen LogP contribution in [-0.2, 0) is 9.53 Å². The molecule has 2 atom stereocenters. The predicted octanol–water partition coefficient (Wildman–Crippen LogP) is 6.48. The van der Waals surface area contributed by atoms with Crippen LogP contribution in [-0.4, -0.2) is 17.4 Å². The van der Waals surface area contributed by atoms with Gasteiger partial charge in [0.1, 0.15) is 5.60 Å². The van der Waals surface area contributed by atoms with Crippen molar-refractivity contribution in [1.82, 2.24) is 0 Å². The molecule has 0 aromatic heterocycles. The van der Waals surface area contributed by atoms with E-state index in [-0.39, 0.29) is 24.1 Å². The molecule has 0 aliphatic carbocycles. The molecule has 0 aliphatic rings. The van der Waals surface area contributed by atoms with Crippen LogP contribution in [0.2, 0.25) is 0 Å². The zero-order chi connectivity index (χ0) is 22.4. The highest BCUT2D eigenvalue weighted by Gasteiger charge is 2.36. The lowest BCUT2D eigenvalue weighted by Gasteiger charge is -2.30. The number of rotatable bonds is 7. The molecular weight excluding hydrogens is 384 g/mol. The van der Waals surface area contributed by atoms with Crippen LogP contribution in [0, 0.1) is 6.92 Å². The Bertz CT molecular complexity index is 1000. The Morgan fingerprint density at radius 1 is 0.774 bits per heavy atom. The third kappa shape index (κ3) is 6.14. The van der Waals surface area contributed by atoms with E-state index < -0.39 is 11.5 Å². The summed E-state index contributed by atoms with van der Waals surface area (Å²) in [5, 5.41) is 0. The van der Waals surface area contributed by atoms with Crippen molar-refractivity contribution in [1.29, 1.82) is 0 Å². The van der Waals surface area contributed by atoms with Gasteiger partial charge in [-0.2, -0.15) is 0 Å². The number of ketones is 1. The third-order valence-electron chi connectivity index (χ3n) is 5.23. The number of carbonyl (C=O) groups is 2. The Labute approximate surface area is 185 Å². The van der Waals surface area contributed by atoms with Gasteiger partial charge in [0.2, 0.25) is 0 Å². The van der Waals surface area contributed by atoms with Gasteiger partial charge >= 0.3 is 5.97 Å². The molecule has 160 valence electrons. The standard InChI is InChI=1S/C28H30O3/c1-20-15-17-22(18-16-20)25(29)19-24(21-11-7-5-8-12-21)26(23-13-9-6-10-14-23)27(30)31-28(2,3)4/h5-18,24,26H,19H2,1-4H3/t24-,26+/m1/s1. The second-order valence-corrected chi connectivity index (χ2v) is 8.93. The van der Waals surface area contributed by atoms with Crippen LogP contribution in [0.25, 0.3) is 0 Å². The van der Waals surface area contributed by atoms with Gasteiger partial charge in [-0.25, -0.2) is 0 Å². The molecule has 0 heterocycles. The van der Waals surface area contributed by atoms with E-state index in [0.29, 0.717) is 5.56 Å². The van der Waals surface area contributed by atoms with E-state index in [1.165, 1.54) is 0 Å². The zero-order valence-electron chi connectivity index (χ0n) is 18.7. The minimum Gasteiger partial charge on any atom is -0.459 e. The van der Waals surface area contributed by atoms with Gasteiger partial charge in [0, 0.05) is 17.9 Å². The molecular formula is C28H30O3. The second kappa shape index (κ2) is 9.74. The fourth-order valence-corrected chi connectivity index (χ4v) is 3.74. The first-order valence-electron chi connectivity index (χ1n) is 10.7. The van der Waals surface area contributed by atoms with E-state index in [1.807, 2.05) is 113 Å². The molecule has 3 heteroatoms. The van der Waals surface area contributed by atoms with Crippen LogP contribution in [0.4, 0.5) is 0 Å². The van der Waals surface area contributed by atoms with Crippen LogP contribution in [0.3, 0.4) is 0 Å². The molecule has 0 amide bonds. The van der Waals surface area contributed by atoms with Crippen molar-refractivity contribution in [2.45, 2.75) is 51.6 Å². The molecule has 3 rings (SSSR count). The topological polar surface area (TPSA) is 43.4 Å². The monoisotopic (exact) mass is 414 g/mol. The number of ether oxygens (including phenoxy) is 1. The van der Waals surface area contributed by atoms with Crippen LogP contribution in [0.15, 0.2) is 84.9 Å². The van der Waals surface area contributed by atoms with E-state index in [9.17, 15) is 9.59 Å². The lowest BCUT2D eigenvalue weighted by molar-refractivity contribution is -0.157. The first-order chi connectivity index (χ1) is 14.7. The van der Waals surface area contributed by atoms with Crippen molar-refractivity contribution in [3.8, 4) is 0 Å². The summed E-state index contributed by atoms with van der Waals surface area (Å²) in [6, 6.07) is 27.0. The van der Waals surface area contributed by atoms with Crippen molar-refractivity contribution in [3.63, 3.8) is 0 Å². The highest BCUT2D eigenvalue weighted by Crippen LogP contribution is 2.38. The molecule has 0 N–H and O–H groups in total. The van der Waals surface area contributed by atoms with Crippen molar-refractivity contribution in [2.24, 2.45) is 0 Å². The van der Waals surface area contributed by atoms with Crippen molar-refractivity contribution >= 4 is 11.8 Å². The quantitative estimate of drug-likeness (QED) is 0.328. The molecule has 0 saturated heterocycles. The molecule has 3 nitrogen and oxygen atoms in total. The van der Waals surface area contributed by atoms with E-state index >= 15 is 0 Å². The largest absolute Gasteiger partial charge is 0.459 e. The molecule has 0 bridgehead atoms. The molecule has 0 radical (unpaired) electrons. The summed E-state index contributed by atoms with van der Waals surface area (Å²) in [5.41, 5.74) is 2.94. The van der Waals surface area contributed by atoms with Gasteiger partial charge in [0.05, 0.1) is 5.92 Å². The van der Waals surface area contributed by atoms with E-state index in [4.69, 9.17) is 4.74 Å². The normalized spacial score (nSPS) is 13.3. The van der Waals surface area contributed by atoms with Crippen LogP contribution in [0.1, 0.15) is 66.1 Å². The molecule has 31 heavy (non-hydrogen) atoms. The molecule has 0 unspecified atom stereocenters. The Balaban J connectivity index is 2.04. The lowest BCUT2D eigenvalue weighted by atomic mass is 9.77. The van der Waals surface area contributed by atoms with E-state index in [1.54, 1.807) is 0 Å². The van der Waals surface area contributed by atoms with Gasteiger partial charge in [-0.15, -0.1) is 0 Å². The number of Topliss-reactive ketones (excluding diaryl/α,β-unsaturated/α-hetero) is 1. The fraction of sp³-hybridized carbons (Fsp3) is 0.286. The maximum absolute atomic E-state index is 13.4. The van der Waals surface area contributed by atoms with Gasteiger partial charge in [-0.1, -0.05) is 90.5 Å². The Morgan fingerprint density at radius 2 is 1.29 bits per heavy atom. The average Bonchev–Trinajstić information content (AvgIpc) is 2.74. The van der Waals surface area contributed by atoms with Crippen LogP contribution >= 0.6 is 0 Å². The molecule has 3 aromatic rings. The molecule has 0 spiro atoms. The minimum absolute atomic E-state index is 0.0124. The first kappa shape index (κ1) is 22.5. The molecule has 0 aliphatic heterocycles. The van der Waals surface area contributed by atoms with Gasteiger partial charge in [-0.05, 0) is 38.8 Å². The maximum Gasteiger partial charge on any atom is 0.314 e. The lowest BCUT2D eigenvalue weighted by Crippen LogP contribution is -2.31. The number of carbonyl (C=O) groups excluding carboxylic acids is 2. The summed E-state index contributed by atoms with van der Waals surface area (Å²) in [5.74, 6) is -1.23. The van der Waals surface area contributed by atoms with Crippen LogP contribution < -0.4 is 0 Å². The first-order valence-corrected chi connectivity index (χ1v) is 10.7. The third-order valence-corrected chi connectivity index (χ3v) is 5.23. The number of aryl methyl sites for hydroxylation is 1. The van der Waals surface area contributed by atoms with Gasteiger partial charge < -0.3 is 4.74 Å². The van der Waals surface area contributed by atoms with Gasteiger partial charge in [-0.3, -0.25) is 9.59 Å². The van der Waals surface area contributed by atoms with Crippen molar-refractivity contribution < 1.29 is 14.3 Å². The zero-order valence-corrected chi connectivity index (χ0v) is 18.7. The Hall–Kier alpha value is -3.20. The van der Waals surface area contributed by atoms with Gasteiger partial charge in [0.25, 0.3) is 0 Å². The highest BCUT2D eigenvalue weighted by atomic mass is 16.6. The SMILES string of the molecule is Cc1ccc(C(=O)C[C@H](c2ccccc2)[C@@H](C(=O)OC(C)(C)C)c2ccccc2)cc1. The summed E-state index contributed by atoms with van der Waals surface area (Å²) in [4.78, 5) is 26.6. The summed E-state index contributed by atoms with van der Waals surface area (Å²) >= 11 is 0. The minimum atomic E-state index is -0.619. The maximum atomic E-state index is 13.4. The summed E-state index contributed by atoms with van der Waals surface area (Å²) in [6.45, 7) is 7.58. The summed E-state index contributed by atoms with van der Waals surface area (Å²) < 4.78 is 5.81. The number of esters is 1. The Morgan fingerprint density at radius 3 is 1.81 bits per heavy atom. The molecule has 3 aromatic carbocycles. The van der Waals surface area contributed by atoms with E-state index in [2.05, 4.69) is 0 Å². The number of hydrogen-bond acceptors (Lipinski definition) is 3. The summed E-state index contributed by atoms with van der Waals surface area (Å²) in [7, 11) is 0. The van der Waals surface area contributed by atoms with E-state index in [0.717, 1.165) is 16.7 Å². The van der Waals surface area contributed by atoms with Crippen LogP contribution in [0.5, 0.6) is 0 Å². The fourth-order valence-electron chi connectivity index (χ4n) is 3.74. The molecule has 0 fully saturated rings. The molecule has 0 saturated carbocycles. The van der Waals surface area contributed by atoms with Gasteiger partial charge in [0.15, 0.2) is 5.78 Å². The Kier molecular flexibility index (Phi) is 7.06. The average molecular weight is 415 g/mol. The smallest absolute Gasteiger partial charge is 0.314 e. The van der Waals surface area contributed by atoms with Crippen molar-refractivity contribution in [3.05, 3.63) is 107 Å². The number of hydrogen-bond donors (Lipinski definition) is 0. The highest BCUT2D eigenvalue weighted by molar-refractivity contribution is 5.97.